The molecule has 0 aromatic carbocycles. The van der Waals surface area contributed by atoms with Crippen molar-refractivity contribution in [2.24, 2.45) is 5.41 Å². The molecule has 1 saturated carbocycles. The Balaban J connectivity index is 2.44. The van der Waals surface area contributed by atoms with E-state index in [1.165, 1.54) is 64.2 Å². The lowest BCUT2D eigenvalue weighted by Gasteiger charge is -2.50. The summed E-state index contributed by atoms with van der Waals surface area (Å²) in [6.45, 7) is 9.75. The van der Waals surface area contributed by atoms with Gasteiger partial charge in [0.2, 0.25) is 0 Å². The van der Waals surface area contributed by atoms with Crippen LogP contribution >= 0.6 is 0 Å². The lowest BCUT2D eigenvalue weighted by atomic mass is 9.62. The smallest absolute Gasteiger partial charge is 0.0263 e. The highest BCUT2D eigenvalue weighted by atomic mass is 15.3. The molecule has 1 heterocycles. The van der Waals surface area contributed by atoms with Crippen molar-refractivity contribution in [1.29, 1.82) is 0 Å². The zero-order valence-electron chi connectivity index (χ0n) is 14.0. The normalized spacial score (nSPS) is 28.9. The number of hydrogen-bond acceptors (Lipinski definition) is 1. The summed E-state index contributed by atoms with van der Waals surface area (Å²) in [7, 11) is 2.46. The maximum absolute atomic E-state index is 2.88. The second-order valence-corrected chi connectivity index (χ2v) is 7.25. The molecule has 0 unspecified atom stereocenters. The third-order valence-electron chi connectivity index (χ3n) is 7.32. The minimum absolute atomic E-state index is 0.452. The van der Waals surface area contributed by atoms with Gasteiger partial charge in [-0.1, -0.05) is 47.0 Å². The van der Waals surface area contributed by atoms with E-state index in [2.05, 4.69) is 39.6 Å². The predicted octanol–water partition coefficient (Wildman–Crippen LogP) is 5.39. The largest absolute Gasteiger partial charge is 0.294 e. The van der Waals surface area contributed by atoms with Crippen LogP contribution in [0.2, 0.25) is 0 Å². The lowest BCUT2D eigenvalue weighted by molar-refractivity contribution is -0.00467. The van der Waals surface area contributed by atoms with Crippen LogP contribution in [0.4, 0.5) is 0 Å². The van der Waals surface area contributed by atoms with E-state index < -0.39 is 0 Å². The Morgan fingerprint density at radius 2 is 1.32 bits per heavy atom. The first kappa shape index (κ1) is 15.4. The number of hydrogen-bond donors (Lipinski definition) is 0. The van der Waals surface area contributed by atoms with Gasteiger partial charge < -0.3 is 0 Å². The zero-order chi connectivity index (χ0) is 14.1. The van der Waals surface area contributed by atoms with Crippen LogP contribution in [0.25, 0.3) is 0 Å². The molecule has 2 fully saturated rings. The van der Waals surface area contributed by atoms with Gasteiger partial charge in [-0.25, -0.2) is 0 Å². The quantitative estimate of drug-likeness (QED) is 0.658. The van der Waals surface area contributed by atoms with Crippen molar-refractivity contribution < 1.29 is 0 Å². The van der Waals surface area contributed by atoms with Crippen LogP contribution in [0.5, 0.6) is 0 Å². The Labute approximate surface area is 121 Å². The first-order valence-corrected chi connectivity index (χ1v) is 8.80. The summed E-state index contributed by atoms with van der Waals surface area (Å²) in [5.74, 6) is 0. The Morgan fingerprint density at radius 3 is 1.68 bits per heavy atom. The van der Waals surface area contributed by atoms with E-state index >= 15 is 0 Å². The average molecular weight is 265 g/mol. The van der Waals surface area contributed by atoms with Crippen molar-refractivity contribution in [1.82, 2.24) is 4.90 Å². The summed E-state index contributed by atoms with van der Waals surface area (Å²) in [6.07, 6.45) is 14.1. The molecule has 0 radical (unpaired) electrons. The summed E-state index contributed by atoms with van der Waals surface area (Å²) in [6, 6.07) is 0. The molecule has 0 aromatic rings. The molecule has 1 aliphatic carbocycles. The molecule has 2 rings (SSSR count). The van der Waals surface area contributed by atoms with Gasteiger partial charge in [-0.2, -0.15) is 0 Å². The van der Waals surface area contributed by atoms with Crippen LogP contribution in [0.15, 0.2) is 0 Å². The third kappa shape index (κ3) is 1.91. The van der Waals surface area contributed by atoms with E-state index in [-0.39, 0.29) is 0 Å². The van der Waals surface area contributed by atoms with E-state index in [1.807, 2.05) is 0 Å². The van der Waals surface area contributed by atoms with Crippen molar-refractivity contribution >= 4 is 0 Å². The predicted molar refractivity (Wildman–Crippen MR) is 84.5 cm³/mol. The number of rotatable bonds is 4. The molecule has 2 aliphatic rings. The van der Waals surface area contributed by atoms with Crippen LogP contribution in [0.3, 0.4) is 0 Å². The van der Waals surface area contributed by atoms with Gasteiger partial charge in [0, 0.05) is 11.1 Å². The van der Waals surface area contributed by atoms with Crippen LogP contribution in [0, 0.1) is 5.41 Å². The summed E-state index contributed by atoms with van der Waals surface area (Å²) < 4.78 is 0. The van der Waals surface area contributed by atoms with Gasteiger partial charge in [0.25, 0.3) is 0 Å². The van der Waals surface area contributed by atoms with Crippen molar-refractivity contribution in [2.45, 2.75) is 103 Å². The topological polar surface area (TPSA) is 3.24 Å². The van der Waals surface area contributed by atoms with Crippen LogP contribution in [-0.4, -0.2) is 23.0 Å². The summed E-state index contributed by atoms with van der Waals surface area (Å²) >= 11 is 0. The molecular formula is C18H35N. The standard InChI is InChI=1S/C18H35N/c1-6-16(7-2)15-17(13-11-10-12-14-17)19(5)18(16,8-3)9-4/h6-15H2,1-5H3. The Hall–Kier alpha value is -0.0400. The minimum atomic E-state index is 0.452. The molecule has 1 spiro atoms. The number of nitrogens with zero attached hydrogens (tertiary/aromatic N) is 1. The molecule has 0 amide bonds. The van der Waals surface area contributed by atoms with Gasteiger partial charge in [0.05, 0.1) is 0 Å². The molecule has 1 nitrogen and oxygen atoms in total. The highest BCUT2D eigenvalue weighted by molar-refractivity contribution is 5.17. The molecule has 0 aromatic heterocycles. The third-order valence-corrected chi connectivity index (χ3v) is 7.32. The van der Waals surface area contributed by atoms with Crippen molar-refractivity contribution in [2.75, 3.05) is 7.05 Å². The zero-order valence-corrected chi connectivity index (χ0v) is 14.0. The van der Waals surface area contributed by atoms with Gasteiger partial charge in [-0.05, 0) is 57.4 Å². The van der Waals surface area contributed by atoms with E-state index in [0.29, 0.717) is 16.5 Å². The molecule has 1 aliphatic heterocycles. The van der Waals surface area contributed by atoms with E-state index in [0.717, 1.165) is 0 Å². The molecule has 1 heteroatoms. The average Bonchev–Trinajstić information content (AvgIpc) is 2.67. The highest BCUT2D eigenvalue weighted by Crippen LogP contribution is 2.62. The second-order valence-electron chi connectivity index (χ2n) is 7.25. The van der Waals surface area contributed by atoms with Crippen molar-refractivity contribution in [3.05, 3.63) is 0 Å². The Morgan fingerprint density at radius 1 is 0.789 bits per heavy atom. The minimum Gasteiger partial charge on any atom is -0.294 e. The van der Waals surface area contributed by atoms with E-state index in [1.54, 1.807) is 0 Å². The van der Waals surface area contributed by atoms with Gasteiger partial charge in [0.1, 0.15) is 0 Å². The monoisotopic (exact) mass is 265 g/mol. The molecule has 0 bridgehead atoms. The van der Waals surface area contributed by atoms with Gasteiger partial charge in [0.15, 0.2) is 0 Å². The fourth-order valence-electron chi connectivity index (χ4n) is 6.08. The molecule has 112 valence electrons. The molecule has 1 saturated heterocycles. The fourth-order valence-corrected chi connectivity index (χ4v) is 6.08. The first-order chi connectivity index (χ1) is 9.06. The Kier molecular flexibility index (Phi) is 4.35. The maximum atomic E-state index is 2.88. The molecule has 0 N–H and O–H groups in total. The highest BCUT2D eigenvalue weighted by Gasteiger charge is 2.62. The second kappa shape index (κ2) is 5.39. The Bertz CT molecular complexity index is 293. The maximum Gasteiger partial charge on any atom is 0.0263 e. The van der Waals surface area contributed by atoms with Crippen molar-refractivity contribution in [3.63, 3.8) is 0 Å². The SMILES string of the molecule is CCC1(CC)CC2(CCCCC2)N(C)C1(CC)CC. The van der Waals surface area contributed by atoms with Gasteiger partial charge >= 0.3 is 0 Å². The molecular weight excluding hydrogens is 230 g/mol. The fraction of sp³-hybridized carbons (Fsp3) is 1.00. The van der Waals surface area contributed by atoms with Gasteiger partial charge in [-0.3, -0.25) is 4.90 Å². The van der Waals surface area contributed by atoms with Crippen LogP contribution < -0.4 is 0 Å². The van der Waals surface area contributed by atoms with Gasteiger partial charge in [-0.15, -0.1) is 0 Å². The first-order valence-electron chi connectivity index (χ1n) is 8.80. The molecule has 19 heavy (non-hydrogen) atoms. The van der Waals surface area contributed by atoms with E-state index in [9.17, 15) is 0 Å². The van der Waals surface area contributed by atoms with Crippen LogP contribution in [0.1, 0.15) is 91.9 Å². The molecule has 0 atom stereocenters. The summed E-state index contributed by atoms with van der Waals surface area (Å²) in [4.78, 5) is 2.88. The van der Waals surface area contributed by atoms with Crippen LogP contribution in [-0.2, 0) is 0 Å². The summed E-state index contributed by atoms with van der Waals surface area (Å²) in [5, 5.41) is 0. The van der Waals surface area contributed by atoms with E-state index in [4.69, 9.17) is 0 Å². The summed E-state index contributed by atoms with van der Waals surface area (Å²) in [5.41, 5.74) is 1.55. The van der Waals surface area contributed by atoms with Crippen molar-refractivity contribution in [3.8, 4) is 0 Å². The number of likely N-dealkylation sites (tertiary alicyclic amines) is 1. The lowest BCUT2D eigenvalue weighted by Crippen LogP contribution is -2.55.